The van der Waals surface area contributed by atoms with E-state index in [4.69, 9.17) is 11.5 Å². The number of amides is 1. The Balaban J connectivity index is 1.53. The minimum atomic E-state index is -0.614. The molecule has 8 N–H and O–H groups in total. The SMILES string of the molecule is NC(=O)C1=C(Nc2cnn(-c3ccccc3)c2)NC(=N[C@@H]2CCCC[C@@H]2N)NN1. The second-order valence-corrected chi connectivity index (χ2v) is 7.12. The average Bonchev–Trinajstić information content (AvgIpc) is 3.19. The first-order valence-corrected chi connectivity index (χ1v) is 9.64. The maximum atomic E-state index is 11.8. The quantitative estimate of drug-likeness (QED) is 0.425. The van der Waals surface area contributed by atoms with E-state index in [1.807, 2.05) is 36.5 Å². The maximum absolute atomic E-state index is 11.8. The summed E-state index contributed by atoms with van der Waals surface area (Å²) in [5, 5.41) is 10.6. The molecular weight excluding hydrogens is 370 g/mol. The van der Waals surface area contributed by atoms with Gasteiger partial charge in [0.2, 0.25) is 5.96 Å². The number of hydrogen-bond acceptors (Lipinski definition) is 6. The minimum absolute atomic E-state index is 0.0257. The second-order valence-electron chi connectivity index (χ2n) is 7.12. The van der Waals surface area contributed by atoms with Crippen molar-refractivity contribution >= 4 is 17.6 Å². The minimum Gasteiger partial charge on any atom is -0.364 e. The van der Waals surface area contributed by atoms with Crippen molar-refractivity contribution in [1.82, 2.24) is 25.9 Å². The number of rotatable bonds is 5. The van der Waals surface area contributed by atoms with E-state index < -0.39 is 5.91 Å². The third kappa shape index (κ3) is 4.32. The highest BCUT2D eigenvalue weighted by molar-refractivity contribution is 5.96. The number of nitrogens with two attached hydrogens (primary N) is 2. The lowest BCUT2D eigenvalue weighted by Gasteiger charge is -2.29. The molecule has 0 radical (unpaired) electrons. The first-order chi connectivity index (χ1) is 14.1. The monoisotopic (exact) mass is 395 g/mol. The summed E-state index contributed by atoms with van der Waals surface area (Å²) in [6.45, 7) is 0. The van der Waals surface area contributed by atoms with Gasteiger partial charge in [0.1, 0.15) is 5.82 Å². The molecule has 1 fully saturated rings. The van der Waals surface area contributed by atoms with Crippen LogP contribution >= 0.6 is 0 Å². The number of carbonyl (C=O) groups excluding carboxylic acids is 1. The lowest BCUT2D eigenvalue weighted by atomic mass is 9.91. The zero-order chi connectivity index (χ0) is 20.2. The molecule has 152 valence electrons. The molecule has 0 saturated heterocycles. The molecule has 1 amide bonds. The number of nitrogens with one attached hydrogen (secondary N) is 4. The van der Waals surface area contributed by atoms with Crippen molar-refractivity contribution < 1.29 is 4.79 Å². The molecule has 1 saturated carbocycles. The maximum Gasteiger partial charge on any atom is 0.270 e. The summed E-state index contributed by atoms with van der Waals surface area (Å²) in [5.74, 6) is 0.263. The molecule has 10 nitrogen and oxygen atoms in total. The highest BCUT2D eigenvalue weighted by Crippen LogP contribution is 2.20. The molecule has 2 aromatic rings. The summed E-state index contributed by atoms with van der Waals surface area (Å²) in [7, 11) is 0. The Bertz CT molecular complexity index is 934. The van der Waals surface area contributed by atoms with Crippen molar-refractivity contribution in [2.75, 3.05) is 5.32 Å². The Morgan fingerprint density at radius 1 is 1.21 bits per heavy atom. The predicted molar refractivity (Wildman–Crippen MR) is 110 cm³/mol. The Kier molecular flexibility index (Phi) is 5.34. The van der Waals surface area contributed by atoms with E-state index in [1.54, 1.807) is 10.9 Å². The van der Waals surface area contributed by atoms with Crippen LogP contribution in [0.1, 0.15) is 25.7 Å². The number of benzene rings is 1. The molecule has 0 unspecified atom stereocenters. The molecule has 29 heavy (non-hydrogen) atoms. The standard InChI is InChI=1S/C19H25N9O/c20-14-8-4-5-9-15(14)24-19-25-18(16(17(21)29)26-27-19)23-12-10-22-28(11-12)13-6-2-1-3-7-13/h1-3,6-7,10-11,14-15,23,26H,4-5,8-9,20H2,(H2,21,29)(H2,24,25,27)/t14-,15+/m0/s1. The number of aliphatic imine (C=N–C) groups is 1. The van der Waals surface area contributed by atoms with E-state index in [0.29, 0.717) is 17.5 Å². The second kappa shape index (κ2) is 8.23. The molecule has 2 heterocycles. The van der Waals surface area contributed by atoms with Gasteiger partial charge in [0.15, 0.2) is 5.70 Å². The Morgan fingerprint density at radius 2 is 2.00 bits per heavy atom. The van der Waals surface area contributed by atoms with Crippen LogP contribution in [0.25, 0.3) is 5.69 Å². The average molecular weight is 395 g/mol. The number of para-hydroxylation sites is 1. The number of hydrogen-bond donors (Lipinski definition) is 6. The van der Waals surface area contributed by atoms with Crippen molar-refractivity contribution in [3.63, 3.8) is 0 Å². The summed E-state index contributed by atoms with van der Waals surface area (Å²) >= 11 is 0. The van der Waals surface area contributed by atoms with Gasteiger partial charge < -0.3 is 22.1 Å². The van der Waals surface area contributed by atoms with E-state index in [2.05, 4.69) is 31.6 Å². The van der Waals surface area contributed by atoms with Crippen molar-refractivity contribution in [2.24, 2.45) is 16.5 Å². The fourth-order valence-electron chi connectivity index (χ4n) is 3.46. The summed E-state index contributed by atoms with van der Waals surface area (Å²) < 4.78 is 1.73. The molecule has 0 bridgehead atoms. The van der Waals surface area contributed by atoms with Crippen LogP contribution in [0.2, 0.25) is 0 Å². The van der Waals surface area contributed by atoms with Gasteiger partial charge in [-0.05, 0) is 25.0 Å². The van der Waals surface area contributed by atoms with Gasteiger partial charge in [-0.15, -0.1) is 0 Å². The summed E-state index contributed by atoms with van der Waals surface area (Å²) in [5.41, 5.74) is 19.2. The molecule has 1 aromatic carbocycles. The fraction of sp³-hybridized carbons (Fsp3) is 0.316. The lowest BCUT2D eigenvalue weighted by molar-refractivity contribution is -0.115. The van der Waals surface area contributed by atoms with Gasteiger partial charge in [-0.3, -0.25) is 15.6 Å². The topological polar surface area (TPSA) is 147 Å². The molecule has 10 heteroatoms. The van der Waals surface area contributed by atoms with Crippen molar-refractivity contribution in [2.45, 2.75) is 37.8 Å². The summed E-state index contributed by atoms with van der Waals surface area (Å²) in [6, 6.07) is 9.78. The van der Waals surface area contributed by atoms with Crippen LogP contribution in [0.15, 0.2) is 59.2 Å². The van der Waals surface area contributed by atoms with Crippen molar-refractivity contribution in [1.29, 1.82) is 0 Å². The van der Waals surface area contributed by atoms with Gasteiger partial charge >= 0.3 is 0 Å². The van der Waals surface area contributed by atoms with Crippen molar-refractivity contribution in [3.8, 4) is 5.69 Å². The molecule has 1 aromatic heterocycles. The number of primary amides is 1. The van der Waals surface area contributed by atoms with Gasteiger partial charge in [0, 0.05) is 6.04 Å². The largest absolute Gasteiger partial charge is 0.364 e. The molecule has 1 aliphatic heterocycles. The third-order valence-corrected chi connectivity index (χ3v) is 4.99. The van der Waals surface area contributed by atoms with E-state index >= 15 is 0 Å². The predicted octanol–water partition coefficient (Wildman–Crippen LogP) is 0.262. The van der Waals surface area contributed by atoms with Gasteiger partial charge in [-0.2, -0.15) is 5.10 Å². The Labute approximate surface area is 168 Å². The number of carbonyl (C=O) groups is 1. The van der Waals surface area contributed by atoms with E-state index in [9.17, 15) is 4.79 Å². The molecule has 1 aliphatic carbocycles. The molecule has 2 atom stereocenters. The highest BCUT2D eigenvalue weighted by atomic mass is 16.1. The third-order valence-electron chi connectivity index (χ3n) is 4.99. The first kappa shape index (κ1) is 18.8. The molecule has 4 rings (SSSR count). The summed E-state index contributed by atoms with van der Waals surface area (Å²) in [6.07, 6.45) is 7.61. The van der Waals surface area contributed by atoms with Crippen LogP contribution in [-0.4, -0.2) is 33.7 Å². The van der Waals surface area contributed by atoms with Crippen LogP contribution in [0, 0.1) is 0 Å². The number of nitrogens with zero attached hydrogens (tertiary/aromatic N) is 3. The smallest absolute Gasteiger partial charge is 0.270 e. The molecular formula is C19H25N9O. The van der Waals surface area contributed by atoms with E-state index in [-0.39, 0.29) is 17.8 Å². The van der Waals surface area contributed by atoms with E-state index in [0.717, 1.165) is 31.4 Å². The lowest BCUT2D eigenvalue weighted by Crippen LogP contribution is -2.55. The number of aromatic nitrogens is 2. The highest BCUT2D eigenvalue weighted by Gasteiger charge is 2.25. The van der Waals surface area contributed by atoms with Gasteiger partial charge in [0.25, 0.3) is 5.91 Å². The Morgan fingerprint density at radius 3 is 2.76 bits per heavy atom. The molecule has 2 aliphatic rings. The van der Waals surface area contributed by atoms with Gasteiger partial charge in [-0.1, -0.05) is 31.0 Å². The van der Waals surface area contributed by atoms with Gasteiger partial charge in [0.05, 0.1) is 29.8 Å². The van der Waals surface area contributed by atoms with Crippen LogP contribution < -0.4 is 33.0 Å². The Hall–Kier alpha value is -3.53. The van der Waals surface area contributed by atoms with Crippen LogP contribution in [0.4, 0.5) is 5.69 Å². The number of hydrazine groups is 1. The number of guanidine groups is 1. The van der Waals surface area contributed by atoms with Crippen LogP contribution in [0.3, 0.4) is 0 Å². The fourth-order valence-corrected chi connectivity index (χ4v) is 3.46. The normalized spacial score (nSPS) is 23.1. The zero-order valence-electron chi connectivity index (χ0n) is 15.9. The number of anilines is 1. The van der Waals surface area contributed by atoms with Crippen LogP contribution in [0.5, 0.6) is 0 Å². The zero-order valence-corrected chi connectivity index (χ0v) is 15.9. The summed E-state index contributed by atoms with van der Waals surface area (Å²) in [4.78, 5) is 16.5. The molecule has 0 spiro atoms. The first-order valence-electron chi connectivity index (χ1n) is 9.64. The van der Waals surface area contributed by atoms with Crippen molar-refractivity contribution in [3.05, 3.63) is 54.2 Å². The van der Waals surface area contributed by atoms with Gasteiger partial charge in [-0.25, -0.2) is 9.67 Å². The van der Waals surface area contributed by atoms with Crippen LogP contribution in [-0.2, 0) is 4.79 Å². The van der Waals surface area contributed by atoms with E-state index in [1.165, 1.54) is 0 Å².